The lowest BCUT2D eigenvalue weighted by atomic mass is 9.67. The predicted molar refractivity (Wildman–Crippen MR) is 236 cm³/mol. The SMILES string of the molecule is c1ccc(-c2nc(-c3ccc4ccccc4c3)cc(-c3ccc(-c4ccc5c(c4)C(c4ccccc4)(c4ccccc4)c4ccccc4-5)c4ccccc34)n2)cc1. The summed E-state index contributed by atoms with van der Waals surface area (Å²) in [6.07, 6.45) is 0. The first-order valence-electron chi connectivity index (χ1n) is 19.6. The van der Waals surface area contributed by atoms with Gasteiger partial charge in [-0.1, -0.05) is 200 Å². The Labute approximate surface area is 332 Å². The van der Waals surface area contributed by atoms with Gasteiger partial charge in [0.05, 0.1) is 16.8 Å². The molecule has 1 aliphatic carbocycles. The van der Waals surface area contributed by atoms with Crippen LogP contribution in [0.25, 0.3) is 77.7 Å². The molecule has 57 heavy (non-hydrogen) atoms. The van der Waals surface area contributed by atoms with E-state index in [9.17, 15) is 0 Å². The zero-order chi connectivity index (χ0) is 37.8. The van der Waals surface area contributed by atoms with E-state index in [2.05, 4.69) is 200 Å². The lowest BCUT2D eigenvalue weighted by molar-refractivity contribution is 0.769. The second-order valence-corrected chi connectivity index (χ2v) is 14.9. The van der Waals surface area contributed by atoms with Crippen LogP contribution in [0.15, 0.2) is 218 Å². The smallest absolute Gasteiger partial charge is 0.160 e. The lowest BCUT2D eigenvalue weighted by Crippen LogP contribution is -2.28. The third-order valence-electron chi connectivity index (χ3n) is 11.8. The summed E-state index contributed by atoms with van der Waals surface area (Å²) in [6, 6.07) is 78.9. The van der Waals surface area contributed by atoms with E-state index in [1.54, 1.807) is 0 Å². The Balaban J connectivity index is 1.11. The highest BCUT2D eigenvalue weighted by molar-refractivity contribution is 6.05. The highest BCUT2D eigenvalue weighted by atomic mass is 14.9. The van der Waals surface area contributed by atoms with Gasteiger partial charge in [0.15, 0.2) is 5.82 Å². The number of fused-ring (bicyclic) bond motifs is 5. The largest absolute Gasteiger partial charge is 0.228 e. The molecule has 0 saturated heterocycles. The van der Waals surface area contributed by atoms with Crippen LogP contribution in [0.2, 0.25) is 0 Å². The van der Waals surface area contributed by atoms with Crippen molar-refractivity contribution >= 4 is 21.5 Å². The Kier molecular flexibility index (Phi) is 7.75. The van der Waals surface area contributed by atoms with Crippen molar-refractivity contribution in [3.8, 4) is 56.2 Å². The van der Waals surface area contributed by atoms with Gasteiger partial charge in [-0.05, 0) is 84.3 Å². The molecule has 9 aromatic carbocycles. The summed E-state index contributed by atoms with van der Waals surface area (Å²) < 4.78 is 0. The second kappa shape index (κ2) is 13.4. The van der Waals surface area contributed by atoms with E-state index in [4.69, 9.17) is 9.97 Å². The van der Waals surface area contributed by atoms with Crippen LogP contribution in [-0.2, 0) is 5.41 Å². The van der Waals surface area contributed by atoms with Crippen molar-refractivity contribution in [2.45, 2.75) is 5.41 Å². The molecule has 1 aliphatic rings. The van der Waals surface area contributed by atoms with Gasteiger partial charge in [-0.15, -0.1) is 0 Å². The minimum absolute atomic E-state index is 0.464. The summed E-state index contributed by atoms with van der Waals surface area (Å²) in [7, 11) is 0. The third kappa shape index (κ3) is 5.33. The molecule has 0 radical (unpaired) electrons. The maximum atomic E-state index is 5.26. The van der Waals surface area contributed by atoms with E-state index in [0.717, 1.165) is 33.5 Å². The highest BCUT2D eigenvalue weighted by Crippen LogP contribution is 2.57. The lowest BCUT2D eigenvalue weighted by Gasteiger charge is -2.34. The van der Waals surface area contributed by atoms with Crippen LogP contribution in [0.3, 0.4) is 0 Å². The molecule has 2 nitrogen and oxygen atoms in total. The molecule has 0 N–H and O–H groups in total. The molecule has 266 valence electrons. The Hall–Kier alpha value is -7.42. The van der Waals surface area contributed by atoms with Crippen molar-refractivity contribution < 1.29 is 0 Å². The van der Waals surface area contributed by atoms with Crippen LogP contribution >= 0.6 is 0 Å². The molecule has 0 unspecified atom stereocenters. The van der Waals surface area contributed by atoms with E-state index in [-0.39, 0.29) is 0 Å². The number of hydrogen-bond donors (Lipinski definition) is 0. The normalized spacial score (nSPS) is 12.7. The van der Waals surface area contributed by atoms with Crippen molar-refractivity contribution in [1.82, 2.24) is 9.97 Å². The summed E-state index contributed by atoms with van der Waals surface area (Å²) in [6.45, 7) is 0. The van der Waals surface area contributed by atoms with E-state index < -0.39 is 5.41 Å². The highest BCUT2D eigenvalue weighted by Gasteiger charge is 2.46. The number of benzene rings is 9. The zero-order valence-corrected chi connectivity index (χ0v) is 31.2. The molecular formula is C55H36N2. The van der Waals surface area contributed by atoms with Gasteiger partial charge in [0, 0.05) is 16.7 Å². The first kappa shape index (κ1) is 33.0. The van der Waals surface area contributed by atoms with Crippen LogP contribution in [0.5, 0.6) is 0 Å². The molecule has 2 heteroatoms. The van der Waals surface area contributed by atoms with E-state index in [0.29, 0.717) is 5.82 Å². The van der Waals surface area contributed by atoms with E-state index in [1.807, 2.05) is 18.2 Å². The van der Waals surface area contributed by atoms with Crippen LogP contribution in [0.4, 0.5) is 0 Å². The predicted octanol–water partition coefficient (Wildman–Crippen LogP) is 13.8. The van der Waals surface area contributed by atoms with Gasteiger partial charge < -0.3 is 0 Å². The average molecular weight is 725 g/mol. The molecule has 1 heterocycles. The Morgan fingerprint density at radius 3 is 1.60 bits per heavy atom. The summed E-state index contributed by atoms with van der Waals surface area (Å²) in [4.78, 5) is 10.4. The van der Waals surface area contributed by atoms with E-state index >= 15 is 0 Å². The molecule has 0 bridgehead atoms. The Bertz CT molecular complexity index is 3070. The molecule has 0 aliphatic heterocycles. The summed E-state index contributed by atoms with van der Waals surface area (Å²) >= 11 is 0. The number of rotatable bonds is 6. The monoisotopic (exact) mass is 724 g/mol. The van der Waals surface area contributed by atoms with Crippen molar-refractivity contribution in [3.05, 3.63) is 241 Å². The maximum Gasteiger partial charge on any atom is 0.160 e. The van der Waals surface area contributed by atoms with Crippen LogP contribution in [-0.4, -0.2) is 9.97 Å². The van der Waals surface area contributed by atoms with Gasteiger partial charge in [-0.2, -0.15) is 0 Å². The van der Waals surface area contributed by atoms with Gasteiger partial charge in [0.25, 0.3) is 0 Å². The van der Waals surface area contributed by atoms with Crippen molar-refractivity contribution in [1.29, 1.82) is 0 Å². The van der Waals surface area contributed by atoms with Crippen molar-refractivity contribution in [2.75, 3.05) is 0 Å². The fourth-order valence-corrected chi connectivity index (χ4v) is 9.18. The molecule has 0 saturated carbocycles. The maximum absolute atomic E-state index is 5.26. The minimum atomic E-state index is -0.464. The average Bonchev–Trinajstić information content (AvgIpc) is 3.59. The molecule has 0 fully saturated rings. The molecule has 0 atom stereocenters. The van der Waals surface area contributed by atoms with Crippen LogP contribution < -0.4 is 0 Å². The van der Waals surface area contributed by atoms with Gasteiger partial charge in [-0.3, -0.25) is 0 Å². The van der Waals surface area contributed by atoms with Crippen LogP contribution in [0.1, 0.15) is 22.3 Å². The van der Waals surface area contributed by atoms with Gasteiger partial charge in [0.1, 0.15) is 0 Å². The quantitative estimate of drug-likeness (QED) is 0.171. The summed E-state index contributed by atoms with van der Waals surface area (Å²) in [5, 5.41) is 4.73. The van der Waals surface area contributed by atoms with Crippen molar-refractivity contribution in [2.24, 2.45) is 0 Å². The first-order valence-corrected chi connectivity index (χ1v) is 19.6. The zero-order valence-electron chi connectivity index (χ0n) is 31.2. The third-order valence-corrected chi connectivity index (χ3v) is 11.8. The topological polar surface area (TPSA) is 25.8 Å². The first-order chi connectivity index (χ1) is 28.3. The Morgan fingerprint density at radius 2 is 0.842 bits per heavy atom. The van der Waals surface area contributed by atoms with Gasteiger partial charge >= 0.3 is 0 Å². The minimum Gasteiger partial charge on any atom is -0.228 e. The molecule has 10 aromatic rings. The molecule has 0 spiro atoms. The summed E-state index contributed by atoms with van der Waals surface area (Å²) in [5.41, 5.74) is 14.5. The number of hydrogen-bond acceptors (Lipinski definition) is 2. The fourth-order valence-electron chi connectivity index (χ4n) is 9.18. The van der Waals surface area contributed by atoms with Gasteiger partial charge in [-0.25, -0.2) is 9.97 Å². The van der Waals surface area contributed by atoms with Crippen molar-refractivity contribution in [3.63, 3.8) is 0 Å². The fraction of sp³-hybridized carbons (Fsp3) is 0.0182. The number of aromatic nitrogens is 2. The van der Waals surface area contributed by atoms with E-state index in [1.165, 1.54) is 60.7 Å². The van der Waals surface area contributed by atoms with Gasteiger partial charge in [0.2, 0.25) is 0 Å². The second-order valence-electron chi connectivity index (χ2n) is 14.9. The van der Waals surface area contributed by atoms with Crippen LogP contribution in [0, 0.1) is 0 Å². The summed E-state index contributed by atoms with van der Waals surface area (Å²) in [5.74, 6) is 0.709. The molecule has 11 rings (SSSR count). The molecular weight excluding hydrogens is 689 g/mol. The standard InChI is InChI=1S/C55H36N2/c1-4-17-38(18-5-1)54-56-52(41-29-28-37-16-10-11-19-39(37)34-41)36-53(57-54)49-33-32-44(45-24-12-13-25-46(45)49)40-30-31-48-47-26-14-15-27-50(47)55(51(48)35-40,42-20-6-2-7-21-42)43-22-8-3-9-23-43/h1-36H. The molecule has 0 amide bonds. The number of nitrogens with zero attached hydrogens (tertiary/aromatic N) is 2. The Morgan fingerprint density at radius 1 is 0.298 bits per heavy atom. The molecule has 1 aromatic heterocycles.